The number of hydrogen-bond acceptors (Lipinski definition) is 5. The first-order chi connectivity index (χ1) is 11.3. The van der Waals surface area contributed by atoms with Gasteiger partial charge in [-0.05, 0) is 50.2 Å². The van der Waals surface area contributed by atoms with Crippen molar-refractivity contribution in [3.05, 3.63) is 22.4 Å². The number of amides is 1. The van der Waals surface area contributed by atoms with Crippen LogP contribution in [0.4, 0.5) is 0 Å². The minimum Gasteiger partial charge on any atom is -0.395 e. The lowest BCUT2D eigenvalue weighted by molar-refractivity contribution is -0.122. The number of nitrogens with one attached hydrogen (secondary N) is 1. The third-order valence-corrected chi connectivity index (χ3v) is 5.92. The summed E-state index contributed by atoms with van der Waals surface area (Å²) >= 11 is 1.67. The minimum atomic E-state index is 0.116. The second-order valence-electron chi connectivity index (χ2n) is 6.60. The van der Waals surface area contributed by atoms with Gasteiger partial charge in [0.05, 0.1) is 19.7 Å². The van der Waals surface area contributed by atoms with Crippen molar-refractivity contribution in [3.63, 3.8) is 0 Å². The van der Waals surface area contributed by atoms with Crippen LogP contribution in [0, 0.1) is 0 Å². The molecule has 0 saturated carbocycles. The van der Waals surface area contributed by atoms with E-state index in [2.05, 4.69) is 15.1 Å². The molecule has 2 aliphatic heterocycles. The Morgan fingerprint density at radius 1 is 1.26 bits per heavy atom. The van der Waals surface area contributed by atoms with Gasteiger partial charge in [0.25, 0.3) is 0 Å². The Morgan fingerprint density at radius 2 is 2.04 bits per heavy atom. The molecule has 2 fully saturated rings. The van der Waals surface area contributed by atoms with Gasteiger partial charge in [-0.25, -0.2) is 0 Å². The van der Waals surface area contributed by atoms with Gasteiger partial charge in [0.2, 0.25) is 5.91 Å². The fourth-order valence-electron chi connectivity index (χ4n) is 3.76. The number of aliphatic hydroxyl groups excluding tert-OH is 1. The van der Waals surface area contributed by atoms with Crippen LogP contribution in [0.15, 0.2) is 17.5 Å². The first kappa shape index (κ1) is 16.9. The zero-order valence-electron chi connectivity index (χ0n) is 13.6. The molecule has 6 heteroatoms. The maximum absolute atomic E-state index is 12.2. The van der Waals surface area contributed by atoms with Gasteiger partial charge in [0.15, 0.2) is 0 Å². The van der Waals surface area contributed by atoms with Gasteiger partial charge in [-0.3, -0.25) is 14.6 Å². The number of thiophene rings is 1. The molecule has 2 unspecified atom stereocenters. The Bertz CT molecular complexity index is 494. The zero-order chi connectivity index (χ0) is 16.1. The number of hydrogen-bond donors (Lipinski definition) is 2. The molecule has 0 bridgehead atoms. The molecule has 23 heavy (non-hydrogen) atoms. The summed E-state index contributed by atoms with van der Waals surface area (Å²) in [7, 11) is 0. The largest absolute Gasteiger partial charge is 0.395 e. The van der Waals surface area contributed by atoms with Crippen molar-refractivity contribution >= 4 is 17.2 Å². The molecule has 2 N–H and O–H groups in total. The number of carbonyl (C=O) groups excluding carboxylic acids is 1. The lowest BCUT2D eigenvalue weighted by atomic mass is 10.2. The van der Waals surface area contributed by atoms with Crippen LogP contribution in [-0.2, 0) is 11.3 Å². The fourth-order valence-corrected chi connectivity index (χ4v) is 4.41. The van der Waals surface area contributed by atoms with Gasteiger partial charge in [0.1, 0.15) is 0 Å². The highest BCUT2D eigenvalue weighted by Gasteiger charge is 2.31. The van der Waals surface area contributed by atoms with E-state index in [0.717, 1.165) is 32.5 Å². The molecule has 0 aliphatic carbocycles. The van der Waals surface area contributed by atoms with E-state index in [9.17, 15) is 9.90 Å². The molecule has 128 valence electrons. The average Bonchev–Trinajstić information content (AvgIpc) is 3.28. The third kappa shape index (κ3) is 4.53. The van der Waals surface area contributed by atoms with Crippen molar-refractivity contribution in [2.45, 2.75) is 44.3 Å². The molecule has 5 nitrogen and oxygen atoms in total. The molecule has 0 spiro atoms. The minimum absolute atomic E-state index is 0.116. The van der Waals surface area contributed by atoms with Crippen molar-refractivity contribution in [1.29, 1.82) is 0 Å². The SMILES string of the molecule is O=C(CN1CCCC1CN1CCCC1CO)NCc1cccs1. The Balaban J connectivity index is 1.45. The summed E-state index contributed by atoms with van der Waals surface area (Å²) in [6.45, 7) is 4.47. The highest BCUT2D eigenvalue weighted by Crippen LogP contribution is 2.23. The summed E-state index contributed by atoms with van der Waals surface area (Å²) in [6, 6.07) is 4.84. The molecule has 1 amide bonds. The number of aliphatic hydroxyl groups is 1. The van der Waals surface area contributed by atoms with Gasteiger partial charge in [-0.15, -0.1) is 11.3 Å². The Kier molecular flexibility index (Phi) is 6.05. The van der Waals surface area contributed by atoms with E-state index in [-0.39, 0.29) is 12.5 Å². The van der Waals surface area contributed by atoms with Gasteiger partial charge in [0, 0.05) is 23.5 Å². The molecule has 0 radical (unpaired) electrons. The molecule has 1 aromatic rings. The lowest BCUT2D eigenvalue weighted by Crippen LogP contribution is -2.46. The maximum atomic E-state index is 12.2. The van der Waals surface area contributed by atoms with Gasteiger partial charge in [-0.2, -0.15) is 0 Å². The van der Waals surface area contributed by atoms with Crippen LogP contribution in [0.1, 0.15) is 30.6 Å². The number of rotatable bonds is 7. The van der Waals surface area contributed by atoms with Crippen LogP contribution in [0.5, 0.6) is 0 Å². The summed E-state index contributed by atoms with van der Waals surface area (Å²) in [5.74, 6) is 0.116. The molecule has 3 rings (SSSR count). The summed E-state index contributed by atoms with van der Waals surface area (Å²) < 4.78 is 0. The standard InChI is InChI=1S/C17H27N3O2S/c21-13-15-5-2-7-19(15)11-14-4-1-8-20(14)12-17(22)18-10-16-6-3-9-23-16/h3,6,9,14-15,21H,1-2,4-5,7-8,10-13H2,(H,18,22). The van der Waals surface area contributed by atoms with Crippen LogP contribution >= 0.6 is 11.3 Å². The molecule has 3 heterocycles. The molecule has 1 aromatic heterocycles. The van der Waals surface area contributed by atoms with Gasteiger partial charge < -0.3 is 10.4 Å². The van der Waals surface area contributed by atoms with Crippen molar-refractivity contribution in [1.82, 2.24) is 15.1 Å². The average molecular weight is 337 g/mol. The normalized spacial score (nSPS) is 26.0. The van der Waals surface area contributed by atoms with E-state index >= 15 is 0 Å². The van der Waals surface area contributed by atoms with E-state index in [1.807, 2.05) is 17.5 Å². The first-order valence-corrected chi connectivity index (χ1v) is 9.52. The predicted octanol–water partition coefficient (Wildman–Crippen LogP) is 1.29. The highest BCUT2D eigenvalue weighted by atomic mass is 32.1. The smallest absolute Gasteiger partial charge is 0.234 e. The van der Waals surface area contributed by atoms with Crippen molar-refractivity contribution in [2.75, 3.05) is 32.8 Å². The second kappa shape index (κ2) is 8.24. The predicted molar refractivity (Wildman–Crippen MR) is 92.4 cm³/mol. The summed E-state index contributed by atoms with van der Waals surface area (Å²) in [4.78, 5) is 18.1. The van der Waals surface area contributed by atoms with Gasteiger partial charge >= 0.3 is 0 Å². The zero-order valence-corrected chi connectivity index (χ0v) is 14.4. The molecular weight excluding hydrogens is 310 g/mol. The quantitative estimate of drug-likeness (QED) is 0.787. The molecular formula is C17H27N3O2S. The van der Waals surface area contributed by atoms with Crippen LogP contribution in [0.25, 0.3) is 0 Å². The molecule has 2 saturated heterocycles. The van der Waals surface area contributed by atoms with E-state index in [1.54, 1.807) is 11.3 Å². The van der Waals surface area contributed by atoms with Crippen molar-refractivity contribution in [3.8, 4) is 0 Å². The third-order valence-electron chi connectivity index (χ3n) is 5.04. The van der Waals surface area contributed by atoms with Crippen LogP contribution in [0.2, 0.25) is 0 Å². The van der Waals surface area contributed by atoms with E-state index < -0.39 is 0 Å². The molecule has 0 aromatic carbocycles. The highest BCUT2D eigenvalue weighted by molar-refractivity contribution is 7.09. The Morgan fingerprint density at radius 3 is 2.78 bits per heavy atom. The number of likely N-dealkylation sites (tertiary alicyclic amines) is 2. The molecule has 2 atom stereocenters. The lowest BCUT2D eigenvalue weighted by Gasteiger charge is -2.30. The monoisotopic (exact) mass is 337 g/mol. The topological polar surface area (TPSA) is 55.8 Å². The number of nitrogens with zero attached hydrogens (tertiary/aromatic N) is 2. The summed E-state index contributed by atoms with van der Waals surface area (Å²) in [5.41, 5.74) is 0. The van der Waals surface area contributed by atoms with E-state index in [4.69, 9.17) is 0 Å². The van der Waals surface area contributed by atoms with Crippen molar-refractivity contribution < 1.29 is 9.90 Å². The summed E-state index contributed by atoms with van der Waals surface area (Å²) in [6.07, 6.45) is 4.61. The maximum Gasteiger partial charge on any atom is 0.234 e. The van der Waals surface area contributed by atoms with Gasteiger partial charge in [-0.1, -0.05) is 6.07 Å². The number of carbonyl (C=O) groups is 1. The fraction of sp³-hybridized carbons (Fsp3) is 0.706. The molecule has 2 aliphatic rings. The van der Waals surface area contributed by atoms with Crippen LogP contribution in [0.3, 0.4) is 0 Å². The van der Waals surface area contributed by atoms with E-state index in [1.165, 1.54) is 17.7 Å². The summed E-state index contributed by atoms with van der Waals surface area (Å²) in [5, 5.41) is 14.5. The first-order valence-electron chi connectivity index (χ1n) is 8.64. The van der Waals surface area contributed by atoms with Crippen molar-refractivity contribution in [2.24, 2.45) is 0 Å². The Labute approximate surface area is 142 Å². The Hall–Kier alpha value is -0.950. The van der Waals surface area contributed by atoms with Crippen LogP contribution in [-0.4, -0.2) is 65.7 Å². The van der Waals surface area contributed by atoms with E-state index in [0.29, 0.717) is 25.2 Å². The van der Waals surface area contributed by atoms with Crippen LogP contribution < -0.4 is 5.32 Å². The second-order valence-corrected chi connectivity index (χ2v) is 7.63.